The van der Waals surface area contributed by atoms with Crippen LogP contribution in [0.2, 0.25) is 0 Å². The van der Waals surface area contributed by atoms with Crippen molar-refractivity contribution in [3.05, 3.63) is 107 Å². The van der Waals surface area contributed by atoms with E-state index in [0.717, 1.165) is 78.4 Å². The molecule has 4 aliphatic carbocycles. The van der Waals surface area contributed by atoms with Crippen molar-refractivity contribution in [3.8, 4) is 11.5 Å². The van der Waals surface area contributed by atoms with Gasteiger partial charge in [0.2, 0.25) is 0 Å². The first kappa shape index (κ1) is 51.5. The number of aliphatic carboxylic acids is 1. The lowest BCUT2D eigenvalue weighted by Crippen LogP contribution is -2.51. The zero-order chi connectivity index (χ0) is 49.6. The zero-order valence-electron chi connectivity index (χ0n) is 43.2. The molecule has 10 heteroatoms. The van der Waals surface area contributed by atoms with Gasteiger partial charge in [-0.2, -0.15) is 0 Å². The van der Waals surface area contributed by atoms with Crippen LogP contribution in [-0.2, 0) is 29.4 Å². The van der Waals surface area contributed by atoms with E-state index in [4.69, 9.17) is 23.7 Å². The molecule has 380 valence electrons. The number of likely N-dealkylation sites (tertiary alicyclic amines) is 1. The monoisotopic (exact) mass is 960 g/mol. The van der Waals surface area contributed by atoms with Crippen molar-refractivity contribution in [2.45, 2.75) is 161 Å². The summed E-state index contributed by atoms with van der Waals surface area (Å²) in [6, 6.07) is 25.2. The number of esters is 1. The number of carboxylic acid groups (broad SMARTS) is 1. The van der Waals surface area contributed by atoms with Gasteiger partial charge in [0.05, 0.1) is 39.7 Å². The van der Waals surface area contributed by atoms with Gasteiger partial charge in [0.15, 0.2) is 0 Å². The van der Waals surface area contributed by atoms with Crippen LogP contribution >= 0.6 is 0 Å². The minimum absolute atomic E-state index is 0.131. The molecule has 3 saturated carbocycles. The number of nitrogens with zero attached hydrogens (tertiary/aromatic N) is 1. The van der Waals surface area contributed by atoms with Gasteiger partial charge >= 0.3 is 18.0 Å². The van der Waals surface area contributed by atoms with E-state index in [1.165, 1.54) is 50.5 Å². The van der Waals surface area contributed by atoms with Crippen molar-refractivity contribution in [2.75, 3.05) is 27.4 Å². The maximum atomic E-state index is 14.4. The molecule has 1 N–H and O–H groups in total. The van der Waals surface area contributed by atoms with E-state index < -0.39 is 29.7 Å². The van der Waals surface area contributed by atoms with E-state index in [0.29, 0.717) is 35.8 Å². The highest BCUT2D eigenvalue weighted by Gasteiger charge is 2.59. The highest BCUT2D eigenvalue weighted by atomic mass is 16.6. The molecule has 1 heterocycles. The lowest BCUT2D eigenvalue weighted by molar-refractivity contribution is -0.156. The highest BCUT2D eigenvalue weighted by molar-refractivity contribution is 5.76. The molecule has 3 aromatic carbocycles. The summed E-state index contributed by atoms with van der Waals surface area (Å²) in [4.78, 5) is 41.2. The molecule has 10 nitrogen and oxygen atoms in total. The topological polar surface area (TPSA) is 121 Å². The Labute approximate surface area is 418 Å². The molecule has 1 amide bonds. The Morgan fingerprint density at radius 3 is 2.09 bits per heavy atom. The number of fused-ring (bicyclic) bond motifs is 5. The second kappa shape index (κ2) is 22.3. The van der Waals surface area contributed by atoms with Crippen LogP contribution in [0.4, 0.5) is 4.79 Å². The molecule has 1 saturated heterocycles. The van der Waals surface area contributed by atoms with Crippen LogP contribution in [0.5, 0.6) is 11.5 Å². The average molecular weight is 960 g/mol. The number of hydrogen-bond acceptors (Lipinski definition) is 8. The van der Waals surface area contributed by atoms with E-state index in [2.05, 4.69) is 40.7 Å². The van der Waals surface area contributed by atoms with Crippen LogP contribution in [0.15, 0.2) is 90.5 Å². The van der Waals surface area contributed by atoms with Crippen molar-refractivity contribution >= 4 is 18.0 Å². The summed E-state index contributed by atoms with van der Waals surface area (Å²) < 4.78 is 30.9. The number of amides is 1. The largest absolute Gasteiger partial charge is 0.497 e. The minimum atomic E-state index is -1.10. The van der Waals surface area contributed by atoms with Gasteiger partial charge in [0.1, 0.15) is 29.3 Å². The fourth-order valence-electron chi connectivity index (χ4n) is 14.5. The molecule has 8 rings (SSSR count). The molecule has 70 heavy (non-hydrogen) atoms. The number of methoxy groups -OCH3 is 2. The number of carbonyl (C=O) groups is 3. The van der Waals surface area contributed by atoms with E-state index in [-0.39, 0.29) is 43.5 Å². The molecule has 3 aromatic rings. The summed E-state index contributed by atoms with van der Waals surface area (Å²) in [5.74, 6) is 4.31. The first-order valence-electron chi connectivity index (χ1n) is 26.8. The van der Waals surface area contributed by atoms with Crippen molar-refractivity contribution in [1.29, 1.82) is 0 Å². The molecule has 4 fully saturated rings. The maximum absolute atomic E-state index is 14.4. The summed E-state index contributed by atoms with van der Waals surface area (Å²) in [6.45, 7) is 13.0. The summed E-state index contributed by atoms with van der Waals surface area (Å²) in [5, 5.41) is 9.44. The Kier molecular flexibility index (Phi) is 16.4. The lowest BCUT2D eigenvalue weighted by atomic mass is 9.47. The van der Waals surface area contributed by atoms with Gasteiger partial charge in [-0.1, -0.05) is 120 Å². The molecule has 2 unspecified atom stereocenters. The second-order valence-corrected chi connectivity index (χ2v) is 22.5. The van der Waals surface area contributed by atoms with Crippen molar-refractivity contribution < 1.29 is 43.2 Å². The third kappa shape index (κ3) is 10.7. The Balaban J connectivity index is 0.976. The molecular formula is C60H81NO9. The third-order valence-corrected chi connectivity index (χ3v) is 18.2. The van der Waals surface area contributed by atoms with Gasteiger partial charge in [-0.25, -0.2) is 4.79 Å². The number of carbonyl (C=O) groups excluding carboxylic acids is 2. The van der Waals surface area contributed by atoms with E-state index in [9.17, 15) is 19.5 Å². The van der Waals surface area contributed by atoms with Crippen LogP contribution in [0.3, 0.4) is 0 Å². The number of rotatable bonds is 20. The normalized spacial score (nSPS) is 28.2. The first-order valence-corrected chi connectivity index (χ1v) is 26.8. The highest BCUT2D eigenvalue weighted by Crippen LogP contribution is 2.67. The summed E-state index contributed by atoms with van der Waals surface area (Å²) in [7, 11) is 3.27. The van der Waals surface area contributed by atoms with Gasteiger partial charge in [-0.15, -0.1) is 0 Å². The fourth-order valence-corrected chi connectivity index (χ4v) is 14.5. The summed E-state index contributed by atoms with van der Waals surface area (Å²) in [5.41, 5.74) is 3.57. The molecule has 0 bridgehead atoms. The Hall–Kier alpha value is -4.83. The number of ether oxygens (including phenoxy) is 5. The minimum Gasteiger partial charge on any atom is -0.497 e. The SMILES string of the molecule is COc1ccc(C(OCCC(OC(=O)CCC(=O)O)C2CCCN2C(=O)O[C@H]2CC[C@@]3(C)C(=CC[C@H]4[C@@H]5CC[C@H]([C@H](C)CCCC(C)C)[C@@]5(C)CC[C@@H]43)C2)(c2ccccc2)c2ccc(OC)cc2)cc1. The van der Waals surface area contributed by atoms with Gasteiger partial charge in [0.25, 0.3) is 0 Å². The summed E-state index contributed by atoms with van der Waals surface area (Å²) in [6.07, 6.45) is 15.4. The number of allylic oxidation sites excluding steroid dienone is 1. The van der Waals surface area contributed by atoms with E-state index in [1.54, 1.807) is 19.1 Å². The van der Waals surface area contributed by atoms with E-state index >= 15 is 0 Å². The molecule has 0 spiro atoms. The Bertz CT molecular complexity index is 2210. The van der Waals surface area contributed by atoms with Gasteiger partial charge in [-0.05, 0) is 145 Å². The van der Waals surface area contributed by atoms with Gasteiger partial charge in [0, 0.05) is 19.4 Å². The zero-order valence-corrected chi connectivity index (χ0v) is 43.2. The predicted octanol–water partition coefficient (Wildman–Crippen LogP) is 13.2. The van der Waals surface area contributed by atoms with E-state index in [1.807, 2.05) is 78.9 Å². The number of carboxylic acids is 1. The maximum Gasteiger partial charge on any atom is 0.410 e. The second-order valence-electron chi connectivity index (χ2n) is 22.5. The standard InChI is InChI=1S/C60H81NO9/c1-40(2)13-11-14-41(3)50-28-29-51-49-27-22-45-39-48(32-35-58(45,4)52(49)33-36-59(50,51)5)69-57(65)61-37-12-17-53(61)54(70-56(64)31-30-55(62)63)34-38-68-60(42-15-9-8-10-16-42,43-18-23-46(66-6)24-19-43)44-20-25-47(67-7)26-21-44/h8-10,15-16,18-26,40-41,48-54H,11-14,17,27-39H2,1-7H3,(H,62,63)/t41-,48+,49+,50-,51+,52+,53?,54?,58+,59-/m1/s1. The number of benzene rings is 3. The average Bonchev–Trinajstić information content (AvgIpc) is 4.00. The van der Waals surface area contributed by atoms with Crippen LogP contribution in [0.1, 0.15) is 154 Å². The van der Waals surface area contributed by atoms with Crippen LogP contribution in [0.25, 0.3) is 0 Å². The number of hydrogen-bond donors (Lipinski definition) is 1. The van der Waals surface area contributed by atoms with Crippen LogP contribution < -0.4 is 9.47 Å². The molecule has 5 aliphatic rings. The van der Waals surface area contributed by atoms with Gasteiger partial charge < -0.3 is 33.7 Å². The molecule has 1 aliphatic heterocycles. The quantitative estimate of drug-likeness (QED) is 0.0670. The van der Waals surface area contributed by atoms with Crippen LogP contribution in [0, 0.1) is 46.3 Å². The predicted molar refractivity (Wildman–Crippen MR) is 273 cm³/mol. The third-order valence-electron chi connectivity index (χ3n) is 18.2. The smallest absolute Gasteiger partial charge is 0.410 e. The van der Waals surface area contributed by atoms with Crippen LogP contribution in [-0.4, -0.2) is 73.7 Å². The summed E-state index contributed by atoms with van der Waals surface area (Å²) >= 11 is 0. The van der Waals surface area contributed by atoms with Crippen molar-refractivity contribution in [2.24, 2.45) is 46.3 Å². The Morgan fingerprint density at radius 2 is 1.44 bits per heavy atom. The van der Waals surface area contributed by atoms with Crippen molar-refractivity contribution in [3.63, 3.8) is 0 Å². The lowest BCUT2D eigenvalue weighted by Gasteiger charge is -2.58. The molecular weight excluding hydrogens is 879 g/mol. The molecule has 0 radical (unpaired) electrons. The Morgan fingerprint density at radius 1 is 0.771 bits per heavy atom. The van der Waals surface area contributed by atoms with Gasteiger partial charge in [-0.3, -0.25) is 9.59 Å². The fraction of sp³-hybridized carbons (Fsp3) is 0.617. The first-order chi connectivity index (χ1) is 33.7. The molecule has 0 aromatic heterocycles. The van der Waals surface area contributed by atoms with Crippen molar-refractivity contribution in [1.82, 2.24) is 4.90 Å². The molecule has 10 atom stereocenters.